The third kappa shape index (κ3) is 4.27. The van der Waals surface area contributed by atoms with Gasteiger partial charge in [0.15, 0.2) is 10.7 Å². The Morgan fingerprint density at radius 3 is 2.73 bits per heavy atom. The van der Waals surface area contributed by atoms with Crippen molar-refractivity contribution in [2.24, 2.45) is 0 Å². The van der Waals surface area contributed by atoms with Gasteiger partial charge in [0.1, 0.15) is 11.3 Å². The van der Waals surface area contributed by atoms with Crippen molar-refractivity contribution in [3.8, 4) is 17.2 Å². The summed E-state index contributed by atoms with van der Waals surface area (Å²) in [7, 11) is 1.54. The number of aromatic nitrogens is 1. The molecule has 3 aromatic carbocycles. The van der Waals surface area contributed by atoms with Gasteiger partial charge in [0.2, 0.25) is 5.89 Å². The van der Waals surface area contributed by atoms with Crippen molar-refractivity contribution in [2.45, 2.75) is 0 Å². The Hall–Kier alpha value is -3.42. The highest BCUT2D eigenvalue weighted by Gasteiger charge is 2.13. The Labute approximate surface area is 182 Å². The number of rotatable bonds is 4. The zero-order chi connectivity index (χ0) is 21.1. The lowest BCUT2D eigenvalue weighted by molar-refractivity contribution is 0.0977. The van der Waals surface area contributed by atoms with Crippen molar-refractivity contribution >= 4 is 51.6 Å². The van der Waals surface area contributed by atoms with E-state index in [1.54, 1.807) is 55.6 Å². The molecule has 0 saturated carbocycles. The largest absolute Gasteiger partial charge is 0.497 e. The second-order valence-electron chi connectivity index (χ2n) is 6.32. The fourth-order valence-corrected chi connectivity index (χ4v) is 3.28. The Balaban J connectivity index is 1.49. The number of benzene rings is 3. The molecule has 4 aromatic rings. The first-order chi connectivity index (χ1) is 14.5. The van der Waals surface area contributed by atoms with Gasteiger partial charge in [-0.15, -0.1) is 0 Å². The Morgan fingerprint density at radius 2 is 1.93 bits per heavy atom. The molecule has 0 bridgehead atoms. The molecule has 30 heavy (non-hydrogen) atoms. The van der Waals surface area contributed by atoms with E-state index in [0.29, 0.717) is 44.6 Å². The third-order valence-electron chi connectivity index (χ3n) is 4.31. The minimum Gasteiger partial charge on any atom is -0.497 e. The molecule has 0 aliphatic rings. The number of oxazole rings is 1. The molecule has 0 atom stereocenters. The van der Waals surface area contributed by atoms with Gasteiger partial charge in [-0.1, -0.05) is 29.8 Å². The van der Waals surface area contributed by atoms with Crippen molar-refractivity contribution in [1.29, 1.82) is 0 Å². The van der Waals surface area contributed by atoms with Crippen LogP contribution in [0.4, 0.5) is 5.69 Å². The van der Waals surface area contributed by atoms with Crippen LogP contribution in [-0.4, -0.2) is 23.1 Å². The third-order valence-corrected chi connectivity index (χ3v) is 4.84. The van der Waals surface area contributed by atoms with E-state index < -0.39 is 0 Å². The summed E-state index contributed by atoms with van der Waals surface area (Å²) in [4.78, 5) is 16.9. The van der Waals surface area contributed by atoms with E-state index in [1.165, 1.54) is 0 Å². The van der Waals surface area contributed by atoms with Gasteiger partial charge in [-0.2, -0.15) is 0 Å². The maximum atomic E-state index is 12.4. The number of carbonyl (C=O) groups is 1. The SMILES string of the molecule is COc1cccc(C(=O)NC(=S)Nc2ccc3oc(-c4ccccc4Cl)nc3c2)c1. The van der Waals surface area contributed by atoms with Crippen LogP contribution in [0.1, 0.15) is 10.4 Å². The van der Waals surface area contributed by atoms with E-state index in [4.69, 9.17) is 33.0 Å². The number of hydrogen-bond acceptors (Lipinski definition) is 5. The molecule has 2 N–H and O–H groups in total. The molecule has 150 valence electrons. The summed E-state index contributed by atoms with van der Waals surface area (Å²) in [6.07, 6.45) is 0. The van der Waals surface area contributed by atoms with Crippen molar-refractivity contribution in [1.82, 2.24) is 10.3 Å². The standard InChI is InChI=1S/C22H16ClN3O3S/c1-28-15-6-4-5-13(11-15)20(27)26-22(30)24-14-9-10-19-18(12-14)25-21(29-19)16-7-2-3-8-17(16)23/h2-12H,1H3,(H2,24,26,27,30). The zero-order valence-electron chi connectivity index (χ0n) is 15.8. The highest BCUT2D eigenvalue weighted by molar-refractivity contribution is 7.80. The molecule has 0 fully saturated rings. The number of carbonyl (C=O) groups excluding carboxylic acids is 1. The molecule has 0 spiro atoms. The van der Waals surface area contributed by atoms with Crippen LogP contribution in [0, 0.1) is 0 Å². The quantitative estimate of drug-likeness (QED) is 0.423. The van der Waals surface area contributed by atoms with Gasteiger partial charge in [-0.05, 0) is 60.7 Å². The fourth-order valence-electron chi connectivity index (χ4n) is 2.86. The number of amides is 1. The van der Waals surface area contributed by atoms with Gasteiger partial charge < -0.3 is 14.5 Å². The van der Waals surface area contributed by atoms with Crippen LogP contribution in [0.2, 0.25) is 5.02 Å². The lowest BCUT2D eigenvalue weighted by Gasteiger charge is -2.10. The van der Waals surface area contributed by atoms with Crippen molar-refractivity contribution < 1.29 is 13.9 Å². The van der Waals surface area contributed by atoms with E-state index in [9.17, 15) is 4.79 Å². The molecular weight excluding hydrogens is 422 g/mol. The Morgan fingerprint density at radius 1 is 1.10 bits per heavy atom. The monoisotopic (exact) mass is 437 g/mol. The molecule has 1 aromatic heterocycles. The first-order valence-electron chi connectivity index (χ1n) is 8.95. The summed E-state index contributed by atoms with van der Waals surface area (Å²) >= 11 is 11.5. The van der Waals surface area contributed by atoms with Crippen LogP contribution in [0.25, 0.3) is 22.6 Å². The average molecular weight is 438 g/mol. The van der Waals surface area contributed by atoms with Crippen LogP contribution in [0.5, 0.6) is 5.75 Å². The zero-order valence-corrected chi connectivity index (χ0v) is 17.4. The average Bonchev–Trinajstić information content (AvgIpc) is 3.17. The van der Waals surface area contributed by atoms with E-state index in [2.05, 4.69) is 15.6 Å². The van der Waals surface area contributed by atoms with Crippen LogP contribution < -0.4 is 15.4 Å². The summed E-state index contributed by atoms with van der Waals surface area (Å²) in [5, 5.41) is 6.35. The first-order valence-corrected chi connectivity index (χ1v) is 9.74. The van der Waals surface area contributed by atoms with Gasteiger partial charge >= 0.3 is 0 Å². The molecular formula is C22H16ClN3O3S. The van der Waals surface area contributed by atoms with Gasteiger partial charge in [0, 0.05) is 11.3 Å². The van der Waals surface area contributed by atoms with Crippen LogP contribution in [0.15, 0.2) is 71.1 Å². The smallest absolute Gasteiger partial charge is 0.257 e. The highest BCUT2D eigenvalue weighted by atomic mass is 35.5. The lowest BCUT2D eigenvalue weighted by atomic mass is 10.2. The molecule has 0 aliphatic heterocycles. The lowest BCUT2D eigenvalue weighted by Crippen LogP contribution is -2.34. The van der Waals surface area contributed by atoms with E-state index in [-0.39, 0.29) is 11.0 Å². The van der Waals surface area contributed by atoms with Crippen molar-refractivity contribution in [3.05, 3.63) is 77.3 Å². The molecule has 4 rings (SSSR count). The number of halogens is 1. The van der Waals surface area contributed by atoms with E-state index in [1.807, 2.05) is 18.2 Å². The molecule has 6 nitrogen and oxygen atoms in total. The summed E-state index contributed by atoms with van der Waals surface area (Å²) in [5.41, 5.74) is 3.07. The Bertz CT molecular complexity index is 1260. The predicted octanol–water partition coefficient (Wildman–Crippen LogP) is 5.28. The summed E-state index contributed by atoms with van der Waals surface area (Å²) in [5.74, 6) is 0.684. The van der Waals surface area contributed by atoms with Crippen LogP contribution in [0.3, 0.4) is 0 Å². The van der Waals surface area contributed by atoms with Gasteiger partial charge in [-0.25, -0.2) is 4.98 Å². The minimum absolute atomic E-state index is 0.164. The fraction of sp³-hybridized carbons (Fsp3) is 0.0455. The normalized spacial score (nSPS) is 10.6. The topological polar surface area (TPSA) is 76.4 Å². The number of fused-ring (bicyclic) bond motifs is 1. The Kier molecular flexibility index (Phi) is 5.65. The maximum absolute atomic E-state index is 12.4. The van der Waals surface area contributed by atoms with Crippen LogP contribution in [-0.2, 0) is 0 Å². The van der Waals surface area contributed by atoms with Gasteiger partial charge in [0.05, 0.1) is 17.7 Å². The highest BCUT2D eigenvalue weighted by Crippen LogP contribution is 2.30. The molecule has 0 saturated heterocycles. The number of nitrogens with one attached hydrogen (secondary N) is 2. The number of nitrogens with zero attached hydrogens (tertiary/aromatic N) is 1. The second kappa shape index (κ2) is 8.52. The summed E-state index contributed by atoms with van der Waals surface area (Å²) in [6.45, 7) is 0. The van der Waals surface area contributed by atoms with Crippen LogP contribution >= 0.6 is 23.8 Å². The molecule has 1 amide bonds. The number of thiocarbonyl (C=S) groups is 1. The van der Waals surface area contributed by atoms with E-state index >= 15 is 0 Å². The number of hydrogen-bond donors (Lipinski definition) is 2. The second-order valence-corrected chi connectivity index (χ2v) is 7.14. The van der Waals surface area contributed by atoms with E-state index in [0.717, 1.165) is 0 Å². The molecule has 0 aliphatic carbocycles. The maximum Gasteiger partial charge on any atom is 0.257 e. The van der Waals surface area contributed by atoms with Crippen molar-refractivity contribution in [2.75, 3.05) is 12.4 Å². The molecule has 0 radical (unpaired) electrons. The number of ether oxygens (including phenoxy) is 1. The molecule has 8 heteroatoms. The molecule has 0 unspecified atom stereocenters. The number of methoxy groups -OCH3 is 1. The summed E-state index contributed by atoms with van der Waals surface area (Å²) in [6, 6.07) is 19.5. The molecule has 1 heterocycles. The first kappa shape index (κ1) is 19.9. The van der Waals surface area contributed by atoms with Gasteiger partial charge in [-0.3, -0.25) is 10.1 Å². The predicted molar refractivity (Wildman–Crippen MR) is 121 cm³/mol. The van der Waals surface area contributed by atoms with Crippen molar-refractivity contribution in [3.63, 3.8) is 0 Å². The van der Waals surface area contributed by atoms with Gasteiger partial charge in [0.25, 0.3) is 5.91 Å². The summed E-state index contributed by atoms with van der Waals surface area (Å²) < 4.78 is 10.9. The number of anilines is 1. The minimum atomic E-state index is -0.338.